The Labute approximate surface area is 139 Å². The molecule has 5 nitrogen and oxygen atoms in total. The number of aromatic nitrogens is 1. The van der Waals surface area contributed by atoms with E-state index in [1.54, 1.807) is 6.20 Å². The normalized spacial score (nSPS) is 23.2. The van der Waals surface area contributed by atoms with E-state index in [1.807, 2.05) is 19.1 Å². The summed E-state index contributed by atoms with van der Waals surface area (Å²) in [6, 6.07) is 5.34. The lowest BCUT2D eigenvalue weighted by atomic mass is 10.0. The van der Waals surface area contributed by atoms with Gasteiger partial charge in [-0.05, 0) is 58.2 Å². The Morgan fingerprint density at radius 2 is 2.04 bits per heavy atom. The lowest BCUT2D eigenvalue weighted by Gasteiger charge is -2.39. The molecular formula is C18H28N4O. The highest BCUT2D eigenvalue weighted by Gasteiger charge is 2.30. The van der Waals surface area contributed by atoms with Crippen molar-refractivity contribution in [2.24, 2.45) is 0 Å². The standard InChI is InChI=1S/C18H28N4O/c1-3-19-18(23)15-6-7-17(20-13-15)21-11-8-16(9-12-21)22-10-4-5-14(22)2/h6-7,13-14,16H,3-5,8-12H2,1-2H3,(H,19,23). The van der Waals surface area contributed by atoms with E-state index in [0.29, 0.717) is 12.1 Å². The van der Waals surface area contributed by atoms with Gasteiger partial charge in [-0.15, -0.1) is 0 Å². The molecule has 3 rings (SSSR count). The molecule has 3 heterocycles. The second-order valence-electron chi connectivity index (χ2n) is 6.71. The molecule has 2 saturated heterocycles. The van der Waals surface area contributed by atoms with E-state index in [4.69, 9.17) is 0 Å². The minimum atomic E-state index is -0.0479. The summed E-state index contributed by atoms with van der Waals surface area (Å²) in [5.41, 5.74) is 0.636. The number of hydrogen-bond acceptors (Lipinski definition) is 4. The summed E-state index contributed by atoms with van der Waals surface area (Å²) in [6.07, 6.45) is 6.82. The van der Waals surface area contributed by atoms with Crippen molar-refractivity contribution >= 4 is 11.7 Å². The van der Waals surface area contributed by atoms with Crippen LogP contribution in [0.1, 0.15) is 49.9 Å². The third-order valence-electron chi connectivity index (χ3n) is 5.21. The van der Waals surface area contributed by atoms with Gasteiger partial charge < -0.3 is 10.2 Å². The second kappa shape index (κ2) is 7.30. The molecule has 1 aromatic heterocycles. The summed E-state index contributed by atoms with van der Waals surface area (Å²) < 4.78 is 0. The van der Waals surface area contributed by atoms with Gasteiger partial charge in [0.15, 0.2) is 0 Å². The fourth-order valence-corrected chi connectivity index (χ4v) is 3.89. The van der Waals surface area contributed by atoms with Gasteiger partial charge in [0, 0.05) is 37.9 Å². The van der Waals surface area contributed by atoms with Crippen molar-refractivity contribution in [1.82, 2.24) is 15.2 Å². The van der Waals surface area contributed by atoms with Crippen LogP contribution in [0, 0.1) is 0 Å². The predicted molar refractivity (Wildman–Crippen MR) is 92.9 cm³/mol. The van der Waals surface area contributed by atoms with Crippen LogP contribution in [0.3, 0.4) is 0 Å². The summed E-state index contributed by atoms with van der Waals surface area (Å²) in [5, 5.41) is 2.80. The van der Waals surface area contributed by atoms with Crippen molar-refractivity contribution in [2.45, 2.75) is 51.6 Å². The lowest BCUT2D eigenvalue weighted by molar-refractivity contribution is 0.0955. The van der Waals surface area contributed by atoms with Gasteiger partial charge in [-0.1, -0.05) is 0 Å². The third-order valence-corrected chi connectivity index (χ3v) is 5.21. The number of amides is 1. The number of anilines is 1. The molecule has 1 atom stereocenters. The number of piperidine rings is 1. The second-order valence-corrected chi connectivity index (χ2v) is 6.71. The van der Waals surface area contributed by atoms with Crippen LogP contribution in [-0.4, -0.2) is 54.1 Å². The average molecular weight is 316 g/mol. The molecule has 1 aromatic rings. The van der Waals surface area contributed by atoms with Crippen molar-refractivity contribution in [3.8, 4) is 0 Å². The molecule has 1 N–H and O–H groups in total. The van der Waals surface area contributed by atoms with Gasteiger partial charge in [0.1, 0.15) is 5.82 Å². The van der Waals surface area contributed by atoms with Crippen LogP contribution in [0.25, 0.3) is 0 Å². The maximum absolute atomic E-state index is 11.8. The quantitative estimate of drug-likeness (QED) is 0.926. The van der Waals surface area contributed by atoms with E-state index >= 15 is 0 Å². The molecule has 0 spiro atoms. The van der Waals surface area contributed by atoms with E-state index in [0.717, 1.165) is 31.0 Å². The molecule has 5 heteroatoms. The van der Waals surface area contributed by atoms with Gasteiger partial charge in [-0.3, -0.25) is 9.69 Å². The van der Waals surface area contributed by atoms with Crippen LogP contribution >= 0.6 is 0 Å². The van der Waals surface area contributed by atoms with Crippen molar-refractivity contribution < 1.29 is 4.79 Å². The molecule has 23 heavy (non-hydrogen) atoms. The molecule has 1 unspecified atom stereocenters. The molecule has 126 valence electrons. The number of nitrogens with zero attached hydrogens (tertiary/aromatic N) is 3. The number of likely N-dealkylation sites (tertiary alicyclic amines) is 1. The molecule has 0 saturated carbocycles. The molecule has 2 fully saturated rings. The van der Waals surface area contributed by atoms with Crippen molar-refractivity contribution in [3.63, 3.8) is 0 Å². The molecular weight excluding hydrogens is 288 g/mol. The Kier molecular flexibility index (Phi) is 5.16. The van der Waals surface area contributed by atoms with Gasteiger partial charge in [0.2, 0.25) is 0 Å². The van der Waals surface area contributed by atoms with Crippen molar-refractivity contribution in [2.75, 3.05) is 31.1 Å². The summed E-state index contributed by atoms with van der Waals surface area (Å²) in [6.45, 7) is 8.31. The summed E-state index contributed by atoms with van der Waals surface area (Å²) >= 11 is 0. The Bertz CT molecular complexity index is 522. The Morgan fingerprint density at radius 3 is 2.61 bits per heavy atom. The maximum atomic E-state index is 11.8. The average Bonchev–Trinajstić information content (AvgIpc) is 3.01. The van der Waals surface area contributed by atoms with Crippen LogP contribution in [-0.2, 0) is 0 Å². The van der Waals surface area contributed by atoms with Gasteiger partial charge in [0.05, 0.1) is 5.56 Å². The molecule has 1 amide bonds. The molecule has 2 aliphatic rings. The van der Waals surface area contributed by atoms with Crippen molar-refractivity contribution in [3.05, 3.63) is 23.9 Å². The van der Waals surface area contributed by atoms with Crippen LogP contribution in [0.2, 0.25) is 0 Å². The van der Waals surface area contributed by atoms with Crippen LogP contribution < -0.4 is 10.2 Å². The number of carbonyl (C=O) groups excluding carboxylic acids is 1. The van der Waals surface area contributed by atoms with Crippen LogP contribution in [0.15, 0.2) is 18.3 Å². The minimum Gasteiger partial charge on any atom is -0.357 e. The first kappa shape index (κ1) is 16.2. The van der Waals surface area contributed by atoms with E-state index in [1.165, 1.54) is 32.2 Å². The number of carbonyl (C=O) groups is 1. The van der Waals surface area contributed by atoms with E-state index < -0.39 is 0 Å². The van der Waals surface area contributed by atoms with E-state index in [-0.39, 0.29) is 5.91 Å². The summed E-state index contributed by atoms with van der Waals surface area (Å²) in [7, 11) is 0. The highest BCUT2D eigenvalue weighted by Crippen LogP contribution is 2.27. The smallest absolute Gasteiger partial charge is 0.252 e. The van der Waals surface area contributed by atoms with Crippen molar-refractivity contribution in [1.29, 1.82) is 0 Å². The Hall–Kier alpha value is -1.62. The molecule has 0 aromatic carbocycles. The van der Waals surface area contributed by atoms with Crippen LogP contribution in [0.5, 0.6) is 0 Å². The molecule has 0 radical (unpaired) electrons. The third kappa shape index (κ3) is 3.66. The predicted octanol–water partition coefficient (Wildman–Crippen LogP) is 2.28. The monoisotopic (exact) mass is 316 g/mol. The van der Waals surface area contributed by atoms with Crippen LogP contribution in [0.4, 0.5) is 5.82 Å². The number of rotatable bonds is 4. The summed E-state index contributed by atoms with van der Waals surface area (Å²) in [5.74, 6) is 0.944. The first-order chi connectivity index (χ1) is 11.2. The molecule has 0 bridgehead atoms. The zero-order chi connectivity index (χ0) is 16.2. The zero-order valence-corrected chi connectivity index (χ0v) is 14.3. The van der Waals surface area contributed by atoms with Gasteiger partial charge in [-0.25, -0.2) is 4.98 Å². The minimum absolute atomic E-state index is 0.0479. The lowest BCUT2D eigenvalue weighted by Crippen LogP contribution is -2.46. The SMILES string of the molecule is CCNC(=O)c1ccc(N2CCC(N3CCCC3C)CC2)nc1. The summed E-state index contributed by atoms with van der Waals surface area (Å²) in [4.78, 5) is 21.3. The fraction of sp³-hybridized carbons (Fsp3) is 0.667. The van der Waals surface area contributed by atoms with Gasteiger partial charge >= 0.3 is 0 Å². The molecule has 2 aliphatic heterocycles. The highest BCUT2D eigenvalue weighted by atomic mass is 16.1. The first-order valence-corrected chi connectivity index (χ1v) is 8.94. The fourth-order valence-electron chi connectivity index (χ4n) is 3.89. The number of pyridine rings is 1. The Balaban J connectivity index is 1.56. The number of nitrogens with one attached hydrogen (secondary N) is 1. The molecule has 0 aliphatic carbocycles. The van der Waals surface area contributed by atoms with Gasteiger partial charge in [0.25, 0.3) is 5.91 Å². The topological polar surface area (TPSA) is 48.5 Å². The highest BCUT2D eigenvalue weighted by molar-refractivity contribution is 5.93. The van der Waals surface area contributed by atoms with Gasteiger partial charge in [-0.2, -0.15) is 0 Å². The zero-order valence-electron chi connectivity index (χ0n) is 14.3. The maximum Gasteiger partial charge on any atom is 0.252 e. The van der Waals surface area contributed by atoms with E-state index in [9.17, 15) is 4.79 Å². The van der Waals surface area contributed by atoms with E-state index in [2.05, 4.69) is 27.0 Å². The number of hydrogen-bond donors (Lipinski definition) is 1. The first-order valence-electron chi connectivity index (χ1n) is 8.94. The Morgan fingerprint density at radius 1 is 1.26 bits per heavy atom. The largest absolute Gasteiger partial charge is 0.357 e.